The Bertz CT molecular complexity index is 867. The smallest absolute Gasteiger partial charge is 0.234 e. The molecule has 5 nitrogen and oxygen atoms in total. The fourth-order valence-corrected chi connectivity index (χ4v) is 4.40. The van der Waals surface area contributed by atoms with Gasteiger partial charge in [0.1, 0.15) is 0 Å². The maximum Gasteiger partial charge on any atom is 0.234 e. The van der Waals surface area contributed by atoms with Crippen LogP contribution in [0.2, 0.25) is 0 Å². The Labute approximate surface area is 173 Å². The van der Waals surface area contributed by atoms with Gasteiger partial charge in [-0.15, -0.1) is 0 Å². The summed E-state index contributed by atoms with van der Waals surface area (Å²) >= 11 is 0. The summed E-state index contributed by atoms with van der Waals surface area (Å²) in [5.74, 6) is 1.71. The lowest BCUT2D eigenvalue weighted by molar-refractivity contribution is -0.123. The number of carbonyl (C=O) groups excluding carboxylic acids is 1. The number of ether oxygens (including phenoxy) is 2. The third-order valence-corrected chi connectivity index (χ3v) is 5.90. The third-order valence-electron chi connectivity index (χ3n) is 5.90. The van der Waals surface area contributed by atoms with Crippen molar-refractivity contribution in [3.63, 3.8) is 0 Å². The predicted octanol–water partition coefficient (Wildman–Crippen LogP) is 4.17. The van der Waals surface area contributed by atoms with E-state index >= 15 is 0 Å². The van der Waals surface area contributed by atoms with E-state index in [0.717, 1.165) is 37.3 Å². The van der Waals surface area contributed by atoms with Gasteiger partial charge in [0.15, 0.2) is 11.5 Å². The van der Waals surface area contributed by atoms with Crippen molar-refractivity contribution in [1.29, 1.82) is 0 Å². The molecule has 154 valence electrons. The van der Waals surface area contributed by atoms with Crippen LogP contribution >= 0.6 is 0 Å². The molecule has 0 aliphatic carbocycles. The molecule has 5 heteroatoms. The molecule has 29 heavy (non-hydrogen) atoms. The highest BCUT2D eigenvalue weighted by atomic mass is 16.5. The van der Waals surface area contributed by atoms with E-state index in [4.69, 9.17) is 9.47 Å². The van der Waals surface area contributed by atoms with Crippen molar-refractivity contribution in [1.82, 2.24) is 10.2 Å². The molecule has 0 spiro atoms. The summed E-state index contributed by atoms with van der Waals surface area (Å²) in [7, 11) is 0. The normalized spacial score (nSPS) is 20.1. The minimum atomic E-state index is 0.00259. The lowest BCUT2D eigenvalue weighted by Gasteiger charge is -2.26. The maximum atomic E-state index is 12.8. The monoisotopic (exact) mass is 394 g/mol. The third kappa shape index (κ3) is 4.56. The molecule has 0 bridgehead atoms. The fourth-order valence-electron chi connectivity index (χ4n) is 4.40. The molecule has 1 saturated heterocycles. The maximum absolute atomic E-state index is 12.8. The Morgan fingerprint density at radius 2 is 1.93 bits per heavy atom. The van der Waals surface area contributed by atoms with E-state index in [1.54, 1.807) is 0 Å². The summed E-state index contributed by atoms with van der Waals surface area (Å²) in [6.45, 7) is 6.86. The Balaban J connectivity index is 1.41. The summed E-state index contributed by atoms with van der Waals surface area (Å²) in [4.78, 5) is 15.0. The van der Waals surface area contributed by atoms with Crippen LogP contribution in [0.25, 0.3) is 0 Å². The number of hydrogen-bond donors (Lipinski definition) is 1. The Hall–Kier alpha value is -2.53. The van der Waals surface area contributed by atoms with Crippen molar-refractivity contribution in [2.24, 2.45) is 0 Å². The van der Waals surface area contributed by atoms with E-state index < -0.39 is 0 Å². The molecule has 1 amide bonds. The molecule has 2 aromatic carbocycles. The number of rotatable bonds is 5. The second kappa shape index (κ2) is 8.87. The van der Waals surface area contributed by atoms with E-state index in [0.29, 0.717) is 19.8 Å². The zero-order valence-electron chi connectivity index (χ0n) is 17.3. The molecule has 2 aliphatic rings. The van der Waals surface area contributed by atoms with Crippen LogP contribution in [0.1, 0.15) is 55.0 Å². The molecule has 0 saturated carbocycles. The molecule has 4 rings (SSSR count). The molecule has 0 radical (unpaired) electrons. The Morgan fingerprint density at radius 3 is 2.76 bits per heavy atom. The lowest BCUT2D eigenvalue weighted by Crippen LogP contribution is -2.38. The van der Waals surface area contributed by atoms with Gasteiger partial charge in [0.25, 0.3) is 0 Å². The number of nitrogens with one attached hydrogen (secondary N) is 1. The second-order valence-electron chi connectivity index (χ2n) is 8.03. The topological polar surface area (TPSA) is 50.8 Å². The molecular formula is C24H30N2O3. The summed E-state index contributed by atoms with van der Waals surface area (Å²) in [6.07, 6.45) is 3.05. The van der Waals surface area contributed by atoms with E-state index in [9.17, 15) is 4.79 Å². The molecule has 2 atom stereocenters. The van der Waals surface area contributed by atoms with Gasteiger partial charge in [-0.2, -0.15) is 0 Å². The summed E-state index contributed by atoms with van der Waals surface area (Å²) in [5.41, 5.74) is 3.57. The number of amides is 1. The molecule has 1 N–H and O–H groups in total. The van der Waals surface area contributed by atoms with Gasteiger partial charge in [-0.3, -0.25) is 9.69 Å². The van der Waals surface area contributed by atoms with Gasteiger partial charge in [-0.1, -0.05) is 30.3 Å². The zero-order chi connectivity index (χ0) is 20.2. The zero-order valence-corrected chi connectivity index (χ0v) is 17.3. The number of nitrogens with zero attached hydrogens (tertiary/aromatic N) is 1. The number of benzene rings is 2. The Morgan fingerprint density at radius 1 is 1.14 bits per heavy atom. The van der Waals surface area contributed by atoms with Crippen molar-refractivity contribution in [3.05, 3.63) is 59.2 Å². The standard InChI is InChI=1S/C24H30N2O3/c1-17-7-3-4-8-20(17)18(2)25-24(27)16-26-12-5-9-21(26)19-10-11-22-23(15-19)29-14-6-13-28-22/h3-4,7-8,10-11,15,18,21H,5-6,9,12-14,16H2,1-2H3,(H,25,27)/t18-,21-/m0/s1. The number of likely N-dealkylation sites (tertiary alicyclic amines) is 1. The molecule has 2 aliphatic heterocycles. The summed E-state index contributed by atoms with van der Waals surface area (Å²) in [5, 5.41) is 3.17. The lowest BCUT2D eigenvalue weighted by atomic mass is 10.0. The van der Waals surface area contributed by atoms with E-state index in [-0.39, 0.29) is 18.0 Å². The van der Waals surface area contributed by atoms with Gasteiger partial charge in [0.05, 0.1) is 25.8 Å². The van der Waals surface area contributed by atoms with Crippen LogP contribution in [0.5, 0.6) is 11.5 Å². The first kappa shape index (κ1) is 19.8. The molecular weight excluding hydrogens is 364 g/mol. The van der Waals surface area contributed by atoms with Crippen LogP contribution in [0.4, 0.5) is 0 Å². The first-order valence-electron chi connectivity index (χ1n) is 10.6. The molecule has 0 aromatic heterocycles. The minimum absolute atomic E-state index is 0.00259. The van der Waals surface area contributed by atoms with Crippen LogP contribution in [0.3, 0.4) is 0 Å². The molecule has 2 heterocycles. The highest BCUT2D eigenvalue weighted by Gasteiger charge is 2.29. The van der Waals surface area contributed by atoms with Crippen LogP contribution < -0.4 is 14.8 Å². The highest BCUT2D eigenvalue weighted by molar-refractivity contribution is 5.78. The first-order chi connectivity index (χ1) is 14.1. The second-order valence-corrected chi connectivity index (χ2v) is 8.03. The van der Waals surface area contributed by atoms with Gasteiger partial charge in [0.2, 0.25) is 5.91 Å². The van der Waals surface area contributed by atoms with Crippen LogP contribution in [-0.2, 0) is 4.79 Å². The van der Waals surface area contributed by atoms with Gasteiger partial charge >= 0.3 is 0 Å². The largest absolute Gasteiger partial charge is 0.490 e. The molecule has 0 unspecified atom stereocenters. The summed E-state index contributed by atoms with van der Waals surface area (Å²) < 4.78 is 11.6. The highest BCUT2D eigenvalue weighted by Crippen LogP contribution is 2.37. The molecule has 1 fully saturated rings. The first-order valence-corrected chi connectivity index (χ1v) is 10.6. The van der Waals surface area contributed by atoms with Crippen molar-refractivity contribution in [2.45, 2.75) is 45.2 Å². The predicted molar refractivity (Wildman–Crippen MR) is 113 cm³/mol. The van der Waals surface area contributed by atoms with Crippen molar-refractivity contribution in [2.75, 3.05) is 26.3 Å². The average molecular weight is 395 g/mol. The number of hydrogen-bond acceptors (Lipinski definition) is 4. The average Bonchev–Trinajstić information content (AvgIpc) is 3.03. The van der Waals surface area contributed by atoms with Gasteiger partial charge in [0, 0.05) is 12.5 Å². The van der Waals surface area contributed by atoms with E-state index in [2.05, 4.69) is 41.4 Å². The van der Waals surface area contributed by atoms with E-state index in [1.165, 1.54) is 16.7 Å². The van der Waals surface area contributed by atoms with Crippen molar-refractivity contribution < 1.29 is 14.3 Å². The number of aryl methyl sites for hydroxylation is 1. The fraction of sp³-hybridized carbons (Fsp3) is 0.458. The molecule has 2 aromatic rings. The van der Waals surface area contributed by atoms with Crippen LogP contribution in [0, 0.1) is 6.92 Å². The SMILES string of the molecule is Cc1ccccc1[C@H](C)NC(=O)CN1CCC[C@H]1c1ccc2c(c1)OCCCO2. The van der Waals surface area contributed by atoms with Gasteiger partial charge < -0.3 is 14.8 Å². The minimum Gasteiger partial charge on any atom is -0.490 e. The Kier molecular flexibility index (Phi) is 6.05. The van der Waals surface area contributed by atoms with E-state index in [1.807, 2.05) is 25.1 Å². The summed E-state index contributed by atoms with van der Waals surface area (Å²) in [6, 6.07) is 14.7. The van der Waals surface area contributed by atoms with Gasteiger partial charge in [-0.05, 0) is 62.1 Å². The number of fused-ring (bicyclic) bond motifs is 1. The van der Waals surface area contributed by atoms with Crippen LogP contribution in [0.15, 0.2) is 42.5 Å². The van der Waals surface area contributed by atoms with Crippen molar-refractivity contribution >= 4 is 5.91 Å². The quantitative estimate of drug-likeness (QED) is 0.827. The number of carbonyl (C=O) groups is 1. The van der Waals surface area contributed by atoms with Crippen molar-refractivity contribution in [3.8, 4) is 11.5 Å². The van der Waals surface area contributed by atoms with Crippen LogP contribution in [-0.4, -0.2) is 37.1 Å². The van der Waals surface area contributed by atoms with Gasteiger partial charge in [-0.25, -0.2) is 0 Å².